The third-order valence-corrected chi connectivity index (χ3v) is 4.91. The lowest BCUT2D eigenvalue weighted by Gasteiger charge is -2.12. The molecule has 2 aromatic rings. The molecule has 2 N–H and O–H groups in total. The number of sulfonamides is 1. The number of benzene rings is 2. The maximum atomic E-state index is 12.3. The van der Waals surface area contributed by atoms with Gasteiger partial charge in [-0.1, -0.05) is 6.07 Å². The van der Waals surface area contributed by atoms with Gasteiger partial charge in [-0.3, -0.25) is 4.79 Å². The van der Waals surface area contributed by atoms with E-state index in [2.05, 4.69) is 10.0 Å². The summed E-state index contributed by atoms with van der Waals surface area (Å²) in [6.07, 6.45) is 0. The highest BCUT2D eigenvalue weighted by molar-refractivity contribution is 7.88. The van der Waals surface area contributed by atoms with Crippen LogP contribution < -0.4 is 24.2 Å². The van der Waals surface area contributed by atoms with Crippen LogP contribution in [0.4, 0.5) is 5.69 Å². The number of hydrogen-bond acceptors (Lipinski definition) is 6. The normalized spacial score (nSPS) is 10.9. The van der Waals surface area contributed by atoms with E-state index in [9.17, 15) is 13.2 Å². The van der Waals surface area contributed by atoms with Crippen molar-refractivity contribution in [2.45, 2.75) is 5.75 Å². The van der Waals surface area contributed by atoms with Gasteiger partial charge in [0.15, 0.2) is 0 Å². The maximum absolute atomic E-state index is 12.3. The summed E-state index contributed by atoms with van der Waals surface area (Å²) in [7, 11) is 0.691. The van der Waals surface area contributed by atoms with E-state index in [1.54, 1.807) is 42.5 Å². The molecule has 0 saturated heterocycles. The summed E-state index contributed by atoms with van der Waals surface area (Å²) in [4.78, 5) is 12.0. The number of ether oxygens (including phenoxy) is 3. The predicted octanol–water partition coefficient (Wildman–Crippen LogP) is 1.77. The third-order valence-electron chi connectivity index (χ3n) is 3.64. The largest absolute Gasteiger partial charge is 0.497 e. The quantitative estimate of drug-likeness (QED) is 0.672. The summed E-state index contributed by atoms with van der Waals surface area (Å²) >= 11 is 0. The van der Waals surface area contributed by atoms with E-state index < -0.39 is 22.5 Å². The van der Waals surface area contributed by atoms with Gasteiger partial charge >= 0.3 is 0 Å². The average Bonchev–Trinajstić information content (AvgIpc) is 2.66. The first-order valence-electron chi connectivity index (χ1n) is 7.99. The molecule has 9 heteroatoms. The molecule has 0 atom stereocenters. The SMILES string of the molecule is COc1cccc(NC(=O)CNS(=O)(=O)Cc2cc(OC)ccc2OC)c1. The fourth-order valence-corrected chi connectivity index (χ4v) is 3.42. The first-order chi connectivity index (χ1) is 12.9. The van der Waals surface area contributed by atoms with Gasteiger partial charge in [0.1, 0.15) is 17.2 Å². The zero-order valence-corrected chi connectivity index (χ0v) is 16.1. The van der Waals surface area contributed by atoms with Gasteiger partial charge in [0.25, 0.3) is 0 Å². The van der Waals surface area contributed by atoms with Crippen molar-refractivity contribution >= 4 is 21.6 Å². The van der Waals surface area contributed by atoms with Crippen molar-refractivity contribution < 1.29 is 27.4 Å². The lowest BCUT2D eigenvalue weighted by atomic mass is 10.2. The fraction of sp³-hybridized carbons (Fsp3) is 0.278. The van der Waals surface area contributed by atoms with Crippen LogP contribution in [0.2, 0.25) is 0 Å². The molecule has 27 heavy (non-hydrogen) atoms. The Morgan fingerprint density at radius 3 is 2.33 bits per heavy atom. The van der Waals surface area contributed by atoms with E-state index in [-0.39, 0.29) is 5.75 Å². The van der Waals surface area contributed by atoms with Crippen LogP contribution >= 0.6 is 0 Å². The Labute approximate surface area is 158 Å². The topological polar surface area (TPSA) is 103 Å². The van der Waals surface area contributed by atoms with Gasteiger partial charge in [-0.05, 0) is 30.3 Å². The van der Waals surface area contributed by atoms with Crippen molar-refractivity contribution in [3.05, 3.63) is 48.0 Å². The molecule has 8 nitrogen and oxygen atoms in total. The molecule has 0 aliphatic rings. The molecule has 2 aromatic carbocycles. The Hall–Kier alpha value is -2.78. The summed E-state index contributed by atoms with van der Waals surface area (Å²) < 4.78 is 42.3. The van der Waals surface area contributed by atoms with Crippen LogP contribution in [0.3, 0.4) is 0 Å². The molecule has 2 rings (SSSR count). The Kier molecular flexibility index (Phi) is 7.03. The van der Waals surface area contributed by atoms with Crippen LogP contribution in [-0.2, 0) is 20.6 Å². The number of carbonyl (C=O) groups excluding carboxylic acids is 1. The standard InChI is InChI=1S/C18H22N2O6S/c1-24-15-6-4-5-14(10-15)20-18(21)11-19-27(22,23)12-13-9-16(25-2)7-8-17(13)26-3/h4-10,19H,11-12H2,1-3H3,(H,20,21). The van der Waals surface area contributed by atoms with Gasteiger partial charge in [-0.2, -0.15) is 0 Å². The van der Waals surface area contributed by atoms with Gasteiger partial charge in [0.2, 0.25) is 15.9 Å². The summed E-state index contributed by atoms with van der Waals surface area (Å²) in [6, 6.07) is 11.6. The van der Waals surface area contributed by atoms with E-state index in [4.69, 9.17) is 14.2 Å². The second-order valence-electron chi connectivity index (χ2n) is 5.54. The molecule has 146 valence electrons. The number of hydrogen-bond donors (Lipinski definition) is 2. The molecule has 0 aromatic heterocycles. The minimum Gasteiger partial charge on any atom is -0.497 e. The second-order valence-corrected chi connectivity index (χ2v) is 7.34. The summed E-state index contributed by atoms with van der Waals surface area (Å²) in [5, 5.41) is 2.60. The number of anilines is 1. The van der Waals surface area contributed by atoms with Gasteiger partial charge in [0, 0.05) is 17.3 Å². The molecule has 1 amide bonds. The average molecular weight is 394 g/mol. The van der Waals surface area contributed by atoms with Crippen LogP contribution in [-0.4, -0.2) is 42.2 Å². The van der Waals surface area contributed by atoms with E-state index in [1.807, 2.05) is 0 Å². The molecule has 0 aliphatic carbocycles. The number of carbonyl (C=O) groups is 1. The van der Waals surface area contributed by atoms with Crippen molar-refractivity contribution in [2.24, 2.45) is 0 Å². The van der Waals surface area contributed by atoms with Crippen LogP contribution in [0.1, 0.15) is 5.56 Å². The highest BCUT2D eigenvalue weighted by Crippen LogP contribution is 2.25. The van der Waals surface area contributed by atoms with E-state index in [0.29, 0.717) is 28.5 Å². The van der Waals surface area contributed by atoms with Gasteiger partial charge in [0.05, 0.1) is 33.6 Å². The van der Waals surface area contributed by atoms with Crippen LogP contribution in [0.15, 0.2) is 42.5 Å². The molecule has 0 unspecified atom stereocenters. The molecule has 0 aliphatic heterocycles. The van der Waals surface area contributed by atoms with Crippen LogP contribution in [0.5, 0.6) is 17.2 Å². The fourth-order valence-electron chi connectivity index (χ4n) is 2.33. The van der Waals surface area contributed by atoms with Crippen molar-refractivity contribution in [2.75, 3.05) is 33.2 Å². The first kappa shape index (κ1) is 20.5. The number of amides is 1. The Morgan fingerprint density at radius 2 is 1.67 bits per heavy atom. The van der Waals surface area contributed by atoms with Crippen LogP contribution in [0, 0.1) is 0 Å². The summed E-state index contributed by atoms with van der Waals surface area (Å²) in [6.45, 7) is -0.397. The summed E-state index contributed by atoms with van der Waals surface area (Å²) in [5.41, 5.74) is 0.936. The van der Waals surface area contributed by atoms with Gasteiger partial charge < -0.3 is 19.5 Å². The molecule has 0 fully saturated rings. The molecule has 0 spiro atoms. The highest BCUT2D eigenvalue weighted by atomic mass is 32.2. The van der Waals surface area contributed by atoms with Crippen molar-refractivity contribution in [1.29, 1.82) is 0 Å². The number of nitrogens with one attached hydrogen (secondary N) is 2. The maximum Gasteiger partial charge on any atom is 0.239 e. The first-order valence-corrected chi connectivity index (χ1v) is 9.64. The van der Waals surface area contributed by atoms with Crippen molar-refractivity contribution in [1.82, 2.24) is 4.72 Å². The summed E-state index contributed by atoms with van der Waals surface area (Å²) in [5.74, 6) is 0.668. The van der Waals surface area contributed by atoms with Crippen molar-refractivity contribution in [3.63, 3.8) is 0 Å². The zero-order chi connectivity index (χ0) is 19.9. The Bertz CT molecular complexity index is 898. The van der Waals surface area contributed by atoms with Gasteiger partial charge in [-0.15, -0.1) is 0 Å². The Balaban J connectivity index is 1.99. The predicted molar refractivity (Wildman–Crippen MR) is 102 cm³/mol. The minimum atomic E-state index is -3.76. The van der Waals surface area contributed by atoms with E-state index >= 15 is 0 Å². The highest BCUT2D eigenvalue weighted by Gasteiger charge is 2.17. The molecular formula is C18H22N2O6S. The second kappa shape index (κ2) is 9.24. The molecule has 0 bridgehead atoms. The number of rotatable bonds is 9. The van der Waals surface area contributed by atoms with Gasteiger partial charge in [-0.25, -0.2) is 13.1 Å². The third kappa shape index (κ3) is 6.15. The van der Waals surface area contributed by atoms with E-state index in [1.165, 1.54) is 21.3 Å². The minimum absolute atomic E-state index is 0.347. The Morgan fingerprint density at radius 1 is 0.963 bits per heavy atom. The lowest BCUT2D eigenvalue weighted by Crippen LogP contribution is -2.33. The van der Waals surface area contributed by atoms with Crippen LogP contribution in [0.25, 0.3) is 0 Å². The zero-order valence-electron chi connectivity index (χ0n) is 15.3. The molecule has 0 heterocycles. The van der Waals surface area contributed by atoms with Crippen molar-refractivity contribution in [3.8, 4) is 17.2 Å². The smallest absolute Gasteiger partial charge is 0.239 e. The molecule has 0 radical (unpaired) electrons. The lowest BCUT2D eigenvalue weighted by molar-refractivity contribution is -0.115. The number of methoxy groups -OCH3 is 3. The monoisotopic (exact) mass is 394 g/mol. The van der Waals surface area contributed by atoms with E-state index in [0.717, 1.165) is 0 Å². The molecular weight excluding hydrogens is 372 g/mol. The molecule has 0 saturated carbocycles.